The van der Waals surface area contributed by atoms with E-state index in [1.165, 1.54) is 0 Å². The molecular weight excluding hydrogens is 312 g/mol. The predicted octanol–water partition coefficient (Wildman–Crippen LogP) is 3.83. The Hall–Kier alpha value is -2.40. The Morgan fingerprint density at radius 2 is 1.88 bits per heavy atom. The first-order valence-corrected chi connectivity index (χ1v) is 8.79. The first-order valence-electron chi connectivity index (χ1n) is 8.79. The molecule has 2 N–H and O–H groups in total. The zero-order valence-corrected chi connectivity index (χ0v) is 15.3. The monoisotopic (exact) mass is 338 g/mol. The molecule has 3 aromatic rings. The second-order valence-corrected chi connectivity index (χ2v) is 7.03. The summed E-state index contributed by atoms with van der Waals surface area (Å²) in [5.74, 6) is 1.17. The Morgan fingerprint density at radius 3 is 2.52 bits per heavy atom. The van der Waals surface area contributed by atoms with Crippen LogP contribution in [0.5, 0.6) is 0 Å². The van der Waals surface area contributed by atoms with E-state index in [1.807, 2.05) is 29.6 Å². The summed E-state index contributed by atoms with van der Waals surface area (Å²) in [5, 5.41) is 17.8. The second kappa shape index (κ2) is 7.23. The SMILES string of the molecule is Cc1cc(C)c2c(-c3ccccc3)nc(NC(CO)CC(C)C)n2n1. The van der Waals surface area contributed by atoms with Gasteiger partial charge in [0.2, 0.25) is 5.95 Å². The number of hydrogen-bond donors (Lipinski definition) is 2. The lowest BCUT2D eigenvalue weighted by Crippen LogP contribution is -2.27. The van der Waals surface area contributed by atoms with Crippen molar-refractivity contribution in [2.24, 2.45) is 5.92 Å². The van der Waals surface area contributed by atoms with Crippen molar-refractivity contribution in [2.75, 3.05) is 11.9 Å². The van der Waals surface area contributed by atoms with Crippen molar-refractivity contribution in [1.82, 2.24) is 14.6 Å². The van der Waals surface area contributed by atoms with Crippen molar-refractivity contribution in [3.63, 3.8) is 0 Å². The number of anilines is 1. The molecule has 2 heterocycles. The average Bonchev–Trinajstić information content (AvgIpc) is 2.93. The highest BCUT2D eigenvalue weighted by Crippen LogP contribution is 2.29. The predicted molar refractivity (Wildman–Crippen MR) is 102 cm³/mol. The van der Waals surface area contributed by atoms with Gasteiger partial charge in [-0.05, 0) is 37.8 Å². The number of aromatic nitrogens is 3. The van der Waals surface area contributed by atoms with Crippen LogP contribution in [0.2, 0.25) is 0 Å². The summed E-state index contributed by atoms with van der Waals surface area (Å²) >= 11 is 0. The van der Waals surface area contributed by atoms with Crippen LogP contribution in [-0.4, -0.2) is 32.4 Å². The number of fused-ring (bicyclic) bond motifs is 1. The fourth-order valence-corrected chi connectivity index (χ4v) is 3.25. The fraction of sp³-hybridized carbons (Fsp3) is 0.400. The first-order chi connectivity index (χ1) is 12.0. The Balaban J connectivity index is 2.13. The lowest BCUT2D eigenvalue weighted by atomic mass is 10.0. The van der Waals surface area contributed by atoms with Gasteiger partial charge in [0.15, 0.2) is 0 Å². The highest BCUT2D eigenvalue weighted by molar-refractivity contribution is 5.81. The largest absolute Gasteiger partial charge is 0.394 e. The lowest BCUT2D eigenvalue weighted by molar-refractivity contribution is 0.258. The molecule has 2 aromatic heterocycles. The number of aliphatic hydroxyl groups is 1. The summed E-state index contributed by atoms with van der Waals surface area (Å²) in [5.41, 5.74) is 5.05. The number of rotatable bonds is 6. The van der Waals surface area contributed by atoms with Gasteiger partial charge < -0.3 is 10.4 Å². The van der Waals surface area contributed by atoms with Gasteiger partial charge in [0.1, 0.15) is 5.69 Å². The van der Waals surface area contributed by atoms with Crippen LogP contribution in [0.3, 0.4) is 0 Å². The molecule has 0 radical (unpaired) electrons. The molecule has 0 aliphatic carbocycles. The molecule has 25 heavy (non-hydrogen) atoms. The molecular formula is C20H26N4O. The van der Waals surface area contributed by atoms with Gasteiger partial charge in [0.05, 0.1) is 23.9 Å². The molecule has 1 atom stereocenters. The van der Waals surface area contributed by atoms with E-state index in [1.54, 1.807) is 0 Å². The van der Waals surface area contributed by atoms with Gasteiger partial charge in [-0.2, -0.15) is 9.61 Å². The Morgan fingerprint density at radius 1 is 1.16 bits per heavy atom. The van der Waals surface area contributed by atoms with Crippen molar-refractivity contribution < 1.29 is 5.11 Å². The molecule has 0 spiro atoms. The maximum Gasteiger partial charge on any atom is 0.225 e. The molecule has 0 bridgehead atoms. The molecule has 1 unspecified atom stereocenters. The Kier molecular flexibility index (Phi) is 5.04. The van der Waals surface area contributed by atoms with E-state index in [-0.39, 0.29) is 12.6 Å². The summed E-state index contributed by atoms with van der Waals surface area (Å²) in [6.07, 6.45) is 0.872. The van der Waals surface area contributed by atoms with E-state index in [9.17, 15) is 5.11 Å². The van der Waals surface area contributed by atoms with Crippen molar-refractivity contribution in [1.29, 1.82) is 0 Å². The molecule has 0 saturated heterocycles. The van der Waals surface area contributed by atoms with Gasteiger partial charge in [-0.15, -0.1) is 0 Å². The molecule has 132 valence electrons. The molecule has 3 rings (SSSR count). The van der Waals surface area contributed by atoms with Gasteiger partial charge in [0, 0.05) is 5.56 Å². The molecule has 1 aromatic carbocycles. The molecule has 0 amide bonds. The van der Waals surface area contributed by atoms with E-state index in [2.05, 4.69) is 49.4 Å². The summed E-state index contributed by atoms with van der Waals surface area (Å²) in [6, 6.07) is 12.2. The standard InChI is InChI=1S/C20H26N4O/c1-13(2)10-17(12-25)21-20-22-18(16-8-6-5-7-9-16)19-14(3)11-15(4)23-24(19)20/h5-9,11,13,17,25H,10,12H2,1-4H3,(H,21,22). The lowest BCUT2D eigenvalue weighted by Gasteiger charge is -2.18. The summed E-state index contributed by atoms with van der Waals surface area (Å²) in [4.78, 5) is 4.83. The van der Waals surface area contributed by atoms with Crippen LogP contribution in [0.15, 0.2) is 36.4 Å². The Bertz CT molecular complexity index is 855. The van der Waals surface area contributed by atoms with E-state index in [0.717, 1.165) is 34.5 Å². The molecule has 5 nitrogen and oxygen atoms in total. The van der Waals surface area contributed by atoms with Crippen LogP contribution < -0.4 is 5.32 Å². The van der Waals surface area contributed by atoms with Gasteiger partial charge in [0.25, 0.3) is 0 Å². The summed E-state index contributed by atoms with van der Waals surface area (Å²) in [7, 11) is 0. The van der Waals surface area contributed by atoms with Crippen LogP contribution in [0.4, 0.5) is 5.95 Å². The molecule has 0 aliphatic rings. The van der Waals surface area contributed by atoms with Crippen molar-refractivity contribution in [3.8, 4) is 11.3 Å². The van der Waals surface area contributed by atoms with Crippen LogP contribution in [0.1, 0.15) is 31.5 Å². The summed E-state index contributed by atoms with van der Waals surface area (Å²) < 4.78 is 1.87. The Labute approximate surface area is 148 Å². The maximum absolute atomic E-state index is 9.72. The molecule has 0 saturated carbocycles. The van der Waals surface area contributed by atoms with Crippen LogP contribution in [0.25, 0.3) is 16.8 Å². The second-order valence-electron chi connectivity index (χ2n) is 7.03. The number of hydrogen-bond acceptors (Lipinski definition) is 4. The van der Waals surface area contributed by atoms with Gasteiger partial charge >= 0.3 is 0 Å². The number of benzene rings is 1. The van der Waals surface area contributed by atoms with Crippen LogP contribution in [-0.2, 0) is 0 Å². The van der Waals surface area contributed by atoms with Gasteiger partial charge in [-0.25, -0.2) is 4.98 Å². The third-order valence-corrected chi connectivity index (χ3v) is 4.27. The van der Waals surface area contributed by atoms with E-state index in [4.69, 9.17) is 4.98 Å². The third-order valence-electron chi connectivity index (χ3n) is 4.27. The van der Waals surface area contributed by atoms with Crippen molar-refractivity contribution in [3.05, 3.63) is 47.7 Å². The number of imidazole rings is 1. The van der Waals surface area contributed by atoms with E-state index in [0.29, 0.717) is 11.9 Å². The van der Waals surface area contributed by atoms with E-state index >= 15 is 0 Å². The van der Waals surface area contributed by atoms with Crippen LogP contribution in [0, 0.1) is 19.8 Å². The topological polar surface area (TPSA) is 62.5 Å². The highest BCUT2D eigenvalue weighted by atomic mass is 16.3. The highest BCUT2D eigenvalue weighted by Gasteiger charge is 2.19. The number of nitrogens with one attached hydrogen (secondary N) is 1. The maximum atomic E-state index is 9.72. The zero-order valence-electron chi connectivity index (χ0n) is 15.3. The minimum absolute atomic E-state index is 0.0446. The van der Waals surface area contributed by atoms with Crippen LogP contribution >= 0.6 is 0 Å². The summed E-state index contributed by atoms with van der Waals surface area (Å²) in [6.45, 7) is 8.43. The fourth-order valence-electron chi connectivity index (χ4n) is 3.25. The molecule has 5 heteroatoms. The number of aliphatic hydroxyl groups excluding tert-OH is 1. The zero-order chi connectivity index (χ0) is 18.0. The van der Waals surface area contributed by atoms with Crippen molar-refractivity contribution >= 4 is 11.5 Å². The minimum atomic E-state index is -0.0446. The van der Waals surface area contributed by atoms with Gasteiger partial charge in [-0.3, -0.25) is 0 Å². The normalized spacial score (nSPS) is 12.7. The molecule has 0 fully saturated rings. The quantitative estimate of drug-likeness (QED) is 0.717. The van der Waals surface area contributed by atoms with Gasteiger partial charge in [-0.1, -0.05) is 44.2 Å². The molecule has 0 aliphatic heterocycles. The third kappa shape index (κ3) is 3.66. The number of nitrogens with zero attached hydrogens (tertiary/aromatic N) is 3. The average molecular weight is 338 g/mol. The van der Waals surface area contributed by atoms with E-state index < -0.39 is 0 Å². The smallest absolute Gasteiger partial charge is 0.225 e. The first kappa shape index (κ1) is 17.4. The minimum Gasteiger partial charge on any atom is -0.394 e. The number of aryl methyl sites for hydroxylation is 2. The van der Waals surface area contributed by atoms with Crippen molar-refractivity contribution in [2.45, 2.75) is 40.2 Å².